The zero-order valence-electron chi connectivity index (χ0n) is 13.8. The molecule has 1 saturated heterocycles. The van der Waals surface area contributed by atoms with Gasteiger partial charge in [-0.3, -0.25) is 14.9 Å². The van der Waals surface area contributed by atoms with Crippen molar-refractivity contribution in [2.75, 3.05) is 0 Å². The Morgan fingerprint density at radius 3 is 2.58 bits per heavy atom. The highest BCUT2D eigenvalue weighted by molar-refractivity contribution is 9.10. The fraction of sp³-hybridized carbons (Fsp3) is 0.222. The van der Waals surface area contributed by atoms with E-state index in [1.54, 1.807) is 18.2 Å². The highest BCUT2D eigenvalue weighted by Gasteiger charge is 2.62. The topological polar surface area (TPSA) is 83.6 Å². The number of fused-ring (bicyclic) bond motifs is 2. The van der Waals surface area contributed by atoms with Gasteiger partial charge in [0.2, 0.25) is 15.9 Å². The van der Waals surface area contributed by atoms with Crippen molar-refractivity contribution in [3.05, 3.63) is 63.6 Å². The highest BCUT2D eigenvalue weighted by atomic mass is 79.9. The lowest BCUT2D eigenvalue weighted by molar-refractivity contribution is -0.128. The number of amides is 2. The minimum Gasteiger partial charge on any atom is -0.294 e. The van der Waals surface area contributed by atoms with Crippen molar-refractivity contribution in [2.45, 2.75) is 30.3 Å². The SMILES string of the molecule is Cc1cc(Br)ccc1CN1C2(CC(=O)NC2=O)c2ccccc2S1(=O)=O. The standard InChI is InChI=1S/C18H15BrN2O4S/c1-11-8-13(19)7-6-12(11)10-21-18(9-16(22)20-17(18)23)14-4-2-3-5-15(14)26(21,24)25/h2-8H,9-10H2,1H3,(H,20,22,23). The van der Waals surface area contributed by atoms with Gasteiger partial charge in [-0.2, -0.15) is 4.31 Å². The van der Waals surface area contributed by atoms with Crippen LogP contribution in [0, 0.1) is 6.92 Å². The Morgan fingerprint density at radius 2 is 1.92 bits per heavy atom. The number of hydrogen-bond donors (Lipinski definition) is 1. The summed E-state index contributed by atoms with van der Waals surface area (Å²) in [5.41, 5.74) is 0.506. The Hall–Kier alpha value is -2.03. The molecule has 6 nitrogen and oxygen atoms in total. The number of benzene rings is 2. The molecule has 8 heteroatoms. The fourth-order valence-corrected chi connectivity index (χ4v) is 6.15. The Kier molecular flexibility index (Phi) is 3.83. The zero-order chi connectivity index (χ0) is 18.7. The second kappa shape index (κ2) is 5.73. The number of halogens is 1. The summed E-state index contributed by atoms with van der Waals surface area (Å²) >= 11 is 3.39. The minimum atomic E-state index is -3.91. The molecule has 2 aromatic rings. The van der Waals surface area contributed by atoms with Gasteiger partial charge in [0.15, 0.2) is 5.54 Å². The first-order chi connectivity index (χ1) is 12.3. The van der Waals surface area contributed by atoms with Crippen LogP contribution in [0.15, 0.2) is 51.8 Å². The average Bonchev–Trinajstić information content (AvgIpc) is 2.97. The highest BCUT2D eigenvalue weighted by Crippen LogP contribution is 2.49. The summed E-state index contributed by atoms with van der Waals surface area (Å²) in [7, 11) is -3.91. The molecule has 1 unspecified atom stereocenters. The molecular formula is C18H15BrN2O4S. The molecule has 0 aliphatic carbocycles. The second-order valence-corrected chi connectivity index (χ2v) is 9.24. The lowest BCUT2D eigenvalue weighted by atomic mass is 9.87. The molecule has 2 heterocycles. The quantitative estimate of drug-likeness (QED) is 0.734. The normalized spacial score (nSPS) is 24.1. The van der Waals surface area contributed by atoms with Gasteiger partial charge in [0.25, 0.3) is 5.91 Å². The number of nitrogens with zero attached hydrogens (tertiary/aromatic N) is 1. The summed E-state index contributed by atoms with van der Waals surface area (Å²) in [5.74, 6) is -1.06. The maximum Gasteiger partial charge on any atom is 0.253 e. The van der Waals surface area contributed by atoms with Gasteiger partial charge < -0.3 is 0 Å². The third kappa shape index (κ3) is 2.29. The number of hydrogen-bond acceptors (Lipinski definition) is 4. The van der Waals surface area contributed by atoms with Gasteiger partial charge in [0.1, 0.15) is 0 Å². The lowest BCUT2D eigenvalue weighted by Gasteiger charge is -2.31. The van der Waals surface area contributed by atoms with Gasteiger partial charge in [-0.1, -0.05) is 40.2 Å². The third-order valence-electron chi connectivity index (χ3n) is 4.99. The average molecular weight is 435 g/mol. The van der Waals surface area contributed by atoms with Gasteiger partial charge in [-0.15, -0.1) is 0 Å². The number of sulfonamides is 1. The van der Waals surface area contributed by atoms with Crippen LogP contribution in [0.25, 0.3) is 0 Å². The molecule has 1 spiro atoms. The molecule has 2 aromatic carbocycles. The van der Waals surface area contributed by atoms with E-state index in [1.165, 1.54) is 10.4 Å². The molecule has 4 rings (SSSR count). The Morgan fingerprint density at radius 1 is 1.19 bits per heavy atom. The van der Waals surface area contributed by atoms with Crippen LogP contribution in [0.3, 0.4) is 0 Å². The maximum atomic E-state index is 13.2. The number of aryl methyl sites for hydroxylation is 1. The van der Waals surface area contributed by atoms with E-state index >= 15 is 0 Å². The van der Waals surface area contributed by atoms with Gasteiger partial charge in [-0.05, 0) is 36.2 Å². The van der Waals surface area contributed by atoms with Crippen molar-refractivity contribution in [3.8, 4) is 0 Å². The van der Waals surface area contributed by atoms with Crippen LogP contribution in [0.2, 0.25) is 0 Å². The monoisotopic (exact) mass is 434 g/mol. The van der Waals surface area contributed by atoms with E-state index in [4.69, 9.17) is 0 Å². The Bertz CT molecular complexity index is 1070. The number of rotatable bonds is 2. The lowest BCUT2D eigenvalue weighted by Crippen LogP contribution is -2.48. The first kappa shape index (κ1) is 17.4. The Labute approximate surface area is 159 Å². The Balaban J connectivity index is 1.92. The molecule has 1 fully saturated rings. The molecule has 2 aliphatic heterocycles. The summed E-state index contributed by atoms with van der Waals surface area (Å²) in [6.07, 6.45) is -0.211. The van der Waals surface area contributed by atoms with Gasteiger partial charge in [-0.25, -0.2) is 8.42 Å². The molecule has 1 N–H and O–H groups in total. The van der Waals surface area contributed by atoms with E-state index in [2.05, 4.69) is 21.2 Å². The van der Waals surface area contributed by atoms with E-state index in [0.29, 0.717) is 5.56 Å². The van der Waals surface area contributed by atoms with Gasteiger partial charge in [0, 0.05) is 16.6 Å². The van der Waals surface area contributed by atoms with Gasteiger partial charge >= 0.3 is 0 Å². The van der Waals surface area contributed by atoms with Crippen molar-refractivity contribution < 1.29 is 18.0 Å². The largest absolute Gasteiger partial charge is 0.294 e. The molecule has 0 bridgehead atoms. The molecule has 134 valence electrons. The number of imide groups is 1. The predicted octanol–water partition coefficient (Wildman–Crippen LogP) is 2.20. The van der Waals surface area contributed by atoms with Crippen LogP contribution in [0.5, 0.6) is 0 Å². The first-order valence-corrected chi connectivity index (χ1v) is 10.2. The minimum absolute atomic E-state index is 0.0107. The van der Waals surface area contributed by atoms with Crippen LogP contribution in [0.4, 0.5) is 0 Å². The van der Waals surface area contributed by atoms with Crippen LogP contribution < -0.4 is 5.32 Å². The van der Waals surface area contributed by atoms with E-state index < -0.39 is 27.4 Å². The van der Waals surface area contributed by atoms with Crippen molar-refractivity contribution in [2.24, 2.45) is 0 Å². The summed E-state index contributed by atoms with van der Waals surface area (Å²) < 4.78 is 28.5. The number of nitrogens with one attached hydrogen (secondary N) is 1. The summed E-state index contributed by atoms with van der Waals surface area (Å²) in [4.78, 5) is 24.8. The molecule has 1 atom stereocenters. The van der Waals surface area contributed by atoms with Crippen LogP contribution in [-0.4, -0.2) is 24.5 Å². The van der Waals surface area contributed by atoms with Gasteiger partial charge in [0.05, 0.1) is 11.3 Å². The van der Waals surface area contributed by atoms with Crippen molar-refractivity contribution in [1.29, 1.82) is 0 Å². The van der Waals surface area contributed by atoms with Crippen molar-refractivity contribution >= 4 is 37.8 Å². The molecule has 0 saturated carbocycles. The van der Waals surface area contributed by atoms with E-state index in [1.807, 2.05) is 25.1 Å². The molecule has 2 aliphatic rings. The summed E-state index contributed by atoms with van der Waals surface area (Å²) in [6, 6.07) is 11.9. The molecule has 2 amide bonds. The van der Waals surface area contributed by atoms with Crippen LogP contribution >= 0.6 is 15.9 Å². The van der Waals surface area contributed by atoms with Crippen molar-refractivity contribution in [3.63, 3.8) is 0 Å². The van der Waals surface area contributed by atoms with Crippen LogP contribution in [-0.2, 0) is 31.7 Å². The second-order valence-electron chi connectivity index (χ2n) is 6.49. The summed E-state index contributed by atoms with van der Waals surface area (Å²) in [6.45, 7) is 1.89. The maximum absolute atomic E-state index is 13.2. The third-order valence-corrected chi connectivity index (χ3v) is 7.42. The van der Waals surface area contributed by atoms with Crippen molar-refractivity contribution in [1.82, 2.24) is 9.62 Å². The number of carbonyl (C=O) groups is 2. The molecule has 26 heavy (non-hydrogen) atoms. The van der Waals surface area contributed by atoms with E-state index in [0.717, 1.165) is 15.6 Å². The molecular weight excluding hydrogens is 420 g/mol. The molecule has 0 aromatic heterocycles. The zero-order valence-corrected chi connectivity index (χ0v) is 16.2. The first-order valence-electron chi connectivity index (χ1n) is 7.98. The van der Waals surface area contributed by atoms with E-state index in [9.17, 15) is 18.0 Å². The predicted molar refractivity (Wildman–Crippen MR) is 97.5 cm³/mol. The van der Waals surface area contributed by atoms with Crippen LogP contribution in [0.1, 0.15) is 23.1 Å². The smallest absolute Gasteiger partial charge is 0.253 e. The van der Waals surface area contributed by atoms with E-state index in [-0.39, 0.29) is 17.9 Å². The summed E-state index contributed by atoms with van der Waals surface area (Å²) in [5, 5.41) is 2.28. The fourth-order valence-electron chi connectivity index (χ4n) is 3.71. The number of carbonyl (C=O) groups excluding carboxylic acids is 2. The molecule has 0 radical (unpaired) electrons.